The first kappa shape index (κ1) is 90.1. The zero-order valence-corrected chi connectivity index (χ0v) is 61.8. The van der Waals surface area contributed by atoms with Gasteiger partial charge >= 0.3 is 39.5 Å². The van der Waals surface area contributed by atoms with Gasteiger partial charge in [0.2, 0.25) is 0 Å². The van der Waals surface area contributed by atoms with E-state index < -0.39 is 97.5 Å². The lowest BCUT2D eigenvalue weighted by Crippen LogP contribution is -2.30. The second-order valence-corrected chi connectivity index (χ2v) is 30.7. The molecule has 546 valence electrons. The van der Waals surface area contributed by atoms with Crippen LogP contribution in [0, 0.1) is 17.8 Å². The quantitative estimate of drug-likeness (QED) is 0.0222. The van der Waals surface area contributed by atoms with Crippen molar-refractivity contribution in [2.45, 2.75) is 388 Å². The van der Waals surface area contributed by atoms with Crippen molar-refractivity contribution >= 4 is 39.5 Å². The molecule has 0 aliphatic rings. The summed E-state index contributed by atoms with van der Waals surface area (Å²) in [4.78, 5) is 72.5. The molecule has 2 unspecified atom stereocenters. The van der Waals surface area contributed by atoms with Crippen LogP contribution in [0.25, 0.3) is 0 Å². The first-order valence-corrected chi connectivity index (χ1v) is 40.8. The highest BCUT2D eigenvalue weighted by atomic mass is 31.2. The number of carbonyl (C=O) groups is 4. The van der Waals surface area contributed by atoms with Crippen LogP contribution in [0.15, 0.2) is 0 Å². The van der Waals surface area contributed by atoms with Crippen LogP contribution in [-0.2, 0) is 65.4 Å². The van der Waals surface area contributed by atoms with E-state index in [4.69, 9.17) is 37.0 Å². The number of phosphoric acid groups is 2. The van der Waals surface area contributed by atoms with E-state index in [1.807, 2.05) is 0 Å². The van der Waals surface area contributed by atoms with Crippen LogP contribution in [-0.4, -0.2) is 96.7 Å². The van der Waals surface area contributed by atoms with Crippen LogP contribution in [0.1, 0.15) is 370 Å². The lowest BCUT2D eigenvalue weighted by molar-refractivity contribution is -0.161. The van der Waals surface area contributed by atoms with Crippen molar-refractivity contribution in [3.05, 3.63) is 0 Å². The van der Waals surface area contributed by atoms with Crippen LogP contribution in [0.3, 0.4) is 0 Å². The van der Waals surface area contributed by atoms with Gasteiger partial charge in [-0.1, -0.05) is 318 Å². The van der Waals surface area contributed by atoms with Crippen LogP contribution in [0.2, 0.25) is 0 Å². The Hall–Kier alpha value is -1.94. The summed E-state index contributed by atoms with van der Waals surface area (Å²) in [7, 11) is -9.90. The van der Waals surface area contributed by atoms with Crippen molar-refractivity contribution in [3.63, 3.8) is 0 Å². The highest BCUT2D eigenvalue weighted by Crippen LogP contribution is 2.45. The maximum Gasteiger partial charge on any atom is 0.472 e. The van der Waals surface area contributed by atoms with Crippen LogP contribution >= 0.6 is 15.6 Å². The fourth-order valence-corrected chi connectivity index (χ4v) is 12.7. The van der Waals surface area contributed by atoms with E-state index >= 15 is 0 Å². The Morgan fingerprint density at radius 2 is 0.500 bits per heavy atom. The number of aliphatic hydroxyl groups is 1. The Labute approximate surface area is 562 Å². The minimum absolute atomic E-state index is 0.105. The zero-order chi connectivity index (χ0) is 68.0. The number of unbranched alkanes of at least 4 members (excludes halogenated alkanes) is 39. The first-order valence-electron chi connectivity index (χ1n) is 37.8. The topological polar surface area (TPSA) is 237 Å². The van der Waals surface area contributed by atoms with Gasteiger partial charge in [0.05, 0.1) is 26.4 Å². The molecule has 0 aliphatic heterocycles. The van der Waals surface area contributed by atoms with Gasteiger partial charge in [-0.05, 0) is 43.4 Å². The summed E-state index contributed by atoms with van der Waals surface area (Å²) in [6.07, 6.45) is 48.9. The van der Waals surface area contributed by atoms with Crippen molar-refractivity contribution in [1.82, 2.24) is 0 Å². The highest BCUT2D eigenvalue weighted by molar-refractivity contribution is 7.47. The molecule has 0 aromatic carbocycles. The van der Waals surface area contributed by atoms with Gasteiger partial charge in [0, 0.05) is 25.7 Å². The molecule has 0 aliphatic carbocycles. The smallest absolute Gasteiger partial charge is 0.462 e. The average Bonchev–Trinajstić information content (AvgIpc) is 2.29. The summed E-state index contributed by atoms with van der Waals surface area (Å²) in [5.41, 5.74) is 0. The molecular weight excluding hydrogens is 1210 g/mol. The molecule has 0 saturated carbocycles. The Kier molecular flexibility index (Phi) is 62.4. The number of esters is 4. The van der Waals surface area contributed by atoms with Crippen molar-refractivity contribution in [1.29, 1.82) is 0 Å². The minimum atomic E-state index is -4.95. The number of hydrogen-bond acceptors (Lipinski definition) is 15. The van der Waals surface area contributed by atoms with E-state index in [0.717, 1.165) is 120 Å². The third-order valence-corrected chi connectivity index (χ3v) is 18.8. The molecule has 0 rings (SSSR count). The first-order chi connectivity index (χ1) is 44.2. The molecule has 0 spiro atoms. The fraction of sp³-hybridized carbons (Fsp3) is 0.945. The van der Waals surface area contributed by atoms with E-state index in [-0.39, 0.29) is 25.7 Å². The van der Waals surface area contributed by atoms with E-state index in [0.29, 0.717) is 25.7 Å². The van der Waals surface area contributed by atoms with Crippen molar-refractivity contribution in [2.24, 2.45) is 17.8 Å². The van der Waals surface area contributed by atoms with E-state index in [2.05, 4.69) is 48.5 Å². The number of aliphatic hydroxyl groups excluding tert-OH is 1. The average molecular weight is 1350 g/mol. The van der Waals surface area contributed by atoms with Gasteiger partial charge in [-0.2, -0.15) is 0 Å². The zero-order valence-electron chi connectivity index (χ0n) is 60.0. The molecule has 5 atom stereocenters. The molecule has 0 heterocycles. The standard InChI is InChI=1S/C73H142O17P2/c1-8-9-10-11-30-40-47-54-70(75)83-60-68(89-73(78)57-50-43-36-29-23-26-33-39-46-53-66(6)7)62-87-91(79,80)85-58-67(74)59-86-92(81,82)88-63-69(61-84-71(76)55-48-41-34-28-22-25-32-38-45-52-65(4)5)90-72(77)56-49-42-35-27-21-19-17-15-13-12-14-16-18-20-24-31-37-44-51-64(2)3/h64-69,74H,8-63H2,1-7H3,(H,79,80)(H,81,82)/t67-,68+,69+/m0/s1. The van der Waals surface area contributed by atoms with Gasteiger partial charge in [-0.3, -0.25) is 37.3 Å². The third-order valence-electron chi connectivity index (χ3n) is 16.9. The SMILES string of the molecule is CCCCCCCCCC(=O)OC[C@H](COP(=O)(O)OC[C@H](O)COP(=O)(O)OC[C@@H](COC(=O)CCCCCCCCCCCC(C)C)OC(=O)CCCCCCCCCCCCCCCCCCCCC(C)C)OC(=O)CCCCCCCCCCCC(C)C. The van der Waals surface area contributed by atoms with E-state index in [1.54, 1.807) is 0 Å². The van der Waals surface area contributed by atoms with Crippen LogP contribution in [0.5, 0.6) is 0 Å². The predicted octanol–water partition coefficient (Wildman–Crippen LogP) is 21.0. The van der Waals surface area contributed by atoms with Gasteiger partial charge in [0.1, 0.15) is 19.3 Å². The van der Waals surface area contributed by atoms with Gasteiger partial charge < -0.3 is 33.8 Å². The molecule has 3 N–H and O–H groups in total. The lowest BCUT2D eigenvalue weighted by atomic mass is 10.0. The molecule has 0 aromatic heterocycles. The molecule has 0 fully saturated rings. The molecule has 19 heteroatoms. The van der Waals surface area contributed by atoms with Crippen LogP contribution in [0.4, 0.5) is 0 Å². The molecule has 0 aromatic rings. The molecule has 17 nitrogen and oxygen atoms in total. The Morgan fingerprint density at radius 1 is 0.293 bits per heavy atom. The monoisotopic (exact) mass is 1350 g/mol. The number of carbonyl (C=O) groups excluding carboxylic acids is 4. The Morgan fingerprint density at radius 3 is 0.739 bits per heavy atom. The highest BCUT2D eigenvalue weighted by Gasteiger charge is 2.30. The molecule has 0 bridgehead atoms. The van der Waals surface area contributed by atoms with Gasteiger partial charge in [-0.25, -0.2) is 9.13 Å². The van der Waals surface area contributed by atoms with Crippen molar-refractivity contribution in [2.75, 3.05) is 39.6 Å². The van der Waals surface area contributed by atoms with E-state index in [9.17, 15) is 43.2 Å². The normalized spacial score (nSPS) is 14.1. The third kappa shape index (κ3) is 66.7. The maximum absolute atomic E-state index is 13.0. The molecule has 0 amide bonds. The molecule has 0 saturated heterocycles. The second-order valence-electron chi connectivity index (χ2n) is 27.8. The number of rotatable bonds is 71. The summed E-state index contributed by atoms with van der Waals surface area (Å²) >= 11 is 0. The number of hydrogen-bond donors (Lipinski definition) is 3. The second kappa shape index (κ2) is 63.8. The molecular formula is C73H142O17P2. The van der Waals surface area contributed by atoms with Gasteiger partial charge in [0.15, 0.2) is 12.2 Å². The summed E-state index contributed by atoms with van der Waals surface area (Å²) in [5, 5.41) is 10.6. The predicted molar refractivity (Wildman–Crippen MR) is 372 cm³/mol. The van der Waals surface area contributed by atoms with Gasteiger partial charge in [0.25, 0.3) is 0 Å². The molecule has 0 radical (unpaired) electrons. The van der Waals surface area contributed by atoms with E-state index in [1.165, 1.54) is 167 Å². The summed E-state index contributed by atoms with van der Waals surface area (Å²) in [6.45, 7) is 11.8. The van der Waals surface area contributed by atoms with Crippen molar-refractivity contribution < 1.29 is 80.2 Å². The van der Waals surface area contributed by atoms with Gasteiger partial charge in [-0.15, -0.1) is 0 Å². The Bertz CT molecular complexity index is 1800. The minimum Gasteiger partial charge on any atom is -0.462 e. The summed E-state index contributed by atoms with van der Waals surface area (Å²) in [5.74, 6) is 0.173. The molecule has 92 heavy (non-hydrogen) atoms. The van der Waals surface area contributed by atoms with Crippen molar-refractivity contribution in [3.8, 4) is 0 Å². The lowest BCUT2D eigenvalue weighted by Gasteiger charge is -2.21. The maximum atomic E-state index is 13.0. The van der Waals surface area contributed by atoms with Crippen LogP contribution < -0.4 is 0 Å². The number of ether oxygens (including phenoxy) is 4. The fourth-order valence-electron chi connectivity index (χ4n) is 11.1. The summed E-state index contributed by atoms with van der Waals surface area (Å²) in [6, 6.07) is 0. The summed E-state index contributed by atoms with van der Waals surface area (Å²) < 4.78 is 68.3. The largest absolute Gasteiger partial charge is 0.472 e. The Balaban J connectivity index is 5.15. The number of phosphoric ester groups is 2.